The monoisotopic (exact) mass is 374 g/mol. The third-order valence-corrected chi connectivity index (χ3v) is 7.10. The van der Waals surface area contributed by atoms with Crippen molar-refractivity contribution in [3.63, 3.8) is 0 Å². The Bertz CT molecular complexity index is 639. The van der Waals surface area contributed by atoms with E-state index in [-0.39, 0.29) is 16.4 Å². The molecule has 1 saturated carbocycles. The standard InChI is InChI=1S/C15H19BrO4S/c1-2-10-5-3-4-6-13(10)21(19,20)14-9-11(16)7-8-12(14)15(17)18/h7-10,13H,2-6H2,1H3,(H,17,18). The minimum Gasteiger partial charge on any atom is -0.478 e. The summed E-state index contributed by atoms with van der Waals surface area (Å²) >= 11 is 3.24. The van der Waals surface area contributed by atoms with Crippen LogP contribution in [-0.2, 0) is 9.84 Å². The van der Waals surface area contributed by atoms with Gasteiger partial charge in [0, 0.05) is 4.47 Å². The van der Waals surface area contributed by atoms with Crippen molar-refractivity contribution in [3.05, 3.63) is 28.2 Å². The topological polar surface area (TPSA) is 71.4 Å². The normalized spacial score (nSPS) is 23.0. The van der Waals surface area contributed by atoms with Crippen LogP contribution in [0.5, 0.6) is 0 Å². The Morgan fingerprint density at radius 1 is 1.33 bits per heavy atom. The molecule has 0 amide bonds. The van der Waals surface area contributed by atoms with E-state index < -0.39 is 21.1 Å². The molecule has 1 aliphatic carbocycles. The minimum absolute atomic E-state index is 0.0604. The largest absolute Gasteiger partial charge is 0.478 e. The zero-order chi connectivity index (χ0) is 15.6. The van der Waals surface area contributed by atoms with E-state index in [4.69, 9.17) is 0 Å². The fourth-order valence-corrected chi connectivity index (χ4v) is 6.02. The van der Waals surface area contributed by atoms with E-state index in [2.05, 4.69) is 15.9 Å². The third kappa shape index (κ3) is 3.31. The van der Waals surface area contributed by atoms with E-state index in [0.717, 1.165) is 25.7 Å². The van der Waals surface area contributed by atoms with Gasteiger partial charge in [0.2, 0.25) is 0 Å². The molecule has 116 valence electrons. The Morgan fingerprint density at radius 3 is 2.62 bits per heavy atom. The molecule has 6 heteroatoms. The molecule has 0 saturated heterocycles. The summed E-state index contributed by atoms with van der Waals surface area (Å²) in [5.41, 5.74) is -0.140. The number of aromatic carboxylic acids is 1. The van der Waals surface area contributed by atoms with E-state index in [0.29, 0.717) is 10.9 Å². The zero-order valence-corrected chi connectivity index (χ0v) is 14.3. The molecule has 0 radical (unpaired) electrons. The van der Waals surface area contributed by atoms with Crippen LogP contribution in [0.15, 0.2) is 27.6 Å². The Morgan fingerprint density at radius 2 is 2.00 bits per heavy atom. The van der Waals surface area contributed by atoms with Crippen molar-refractivity contribution in [3.8, 4) is 0 Å². The molecule has 1 aromatic carbocycles. The highest BCUT2D eigenvalue weighted by atomic mass is 79.9. The maximum atomic E-state index is 12.9. The van der Waals surface area contributed by atoms with Crippen LogP contribution in [0.1, 0.15) is 49.4 Å². The Hall–Kier alpha value is -0.880. The highest BCUT2D eigenvalue weighted by molar-refractivity contribution is 9.10. The molecule has 2 unspecified atom stereocenters. The van der Waals surface area contributed by atoms with Crippen molar-refractivity contribution < 1.29 is 18.3 Å². The summed E-state index contributed by atoms with van der Waals surface area (Å²) in [6, 6.07) is 4.32. The lowest BCUT2D eigenvalue weighted by molar-refractivity contribution is 0.0692. The van der Waals surface area contributed by atoms with Crippen LogP contribution in [0.3, 0.4) is 0 Å². The predicted molar refractivity (Wildman–Crippen MR) is 84.3 cm³/mol. The molecule has 0 aromatic heterocycles. The number of carboxylic acid groups (broad SMARTS) is 1. The fourth-order valence-electron chi connectivity index (χ4n) is 3.12. The Kier molecular flexibility index (Phi) is 5.09. The van der Waals surface area contributed by atoms with Gasteiger partial charge >= 0.3 is 5.97 Å². The molecule has 0 aliphatic heterocycles. The Labute approximate surface area is 133 Å². The summed E-state index contributed by atoms with van der Waals surface area (Å²) in [5.74, 6) is -1.09. The third-order valence-electron chi connectivity index (χ3n) is 4.24. The van der Waals surface area contributed by atoms with Gasteiger partial charge in [-0.25, -0.2) is 13.2 Å². The summed E-state index contributed by atoms with van der Waals surface area (Å²) in [6.07, 6.45) is 4.26. The van der Waals surface area contributed by atoms with Crippen molar-refractivity contribution in [1.82, 2.24) is 0 Å². The second-order valence-electron chi connectivity index (χ2n) is 5.48. The van der Waals surface area contributed by atoms with Gasteiger partial charge in [0.15, 0.2) is 9.84 Å². The lowest BCUT2D eigenvalue weighted by Gasteiger charge is -2.30. The SMILES string of the molecule is CCC1CCCCC1S(=O)(=O)c1cc(Br)ccc1C(=O)O. The fraction of sp³-hybridized carbons (Fsp3) is 0.533. The van der Waals surface area contributed by atoms with Crippen LogP contribution in [-0.4, -0.2) is 24.7 Å². The molecule has 0 spiro atoms. The number of carbonyl (C=O) groups is 1. The van der Waals surface area contributed by atoms with Gasteiger partial charge in [-0.15, -0.1) is 0 Å². The first-order chi connectivity index (χ1) is 9.87. The summed E-state index contributed by atoms with van der Waals surface area (Å²) in [7, 11) is -3.63. The molecule has 2 rings (SSSR count). The molecule has 1 aromatic rings. The molecule has 21 heavy (non-hydrogen) atoms. The number of carboxylic acids is 1. The average molecular weight is 375 g/mol. The first-order valence-corrected chi connectivity index (χ1v) is 9.48. The van der Waals surface area contributed by atoms with Crippen LogP contribution in [0.2, 0.25) is 0 Å². The van der Waals surface area contributed by atoms with Crippen molar-refractivity contribution >= 4 is 31.7 Å². The van der Waals surface area contributed by atoms with Gasteiger partial charge in [-0.1, -0.05) is 42.1 Å². The van der Waals surface area contributed by atoms with Gasteiger partial charge in [0.05, 0.1) is 15.7 Å². The van der Waals surface area contributed by atoms with Crippen LogP contribution >= 0.6 is 15.9 Å². The highest BCUT2D eigenvalue weighted by Gasteiger charge is 2.37. The molecule has 4 nitrogen and oxygen atoms in total. The highest BCUT2D eigenvalue weighted by Crippen LogP contribution is 2.36. The molecule has 0 bridgehead atoms. The molecule has 2 atom stereocenters. The summed E-state index contributed by atoms with van der Waals surface area (Å²) in [5, 5.41) is 8.79. The quantitative estimate of drug-likeness (QED) is 0.867. The maximum absolute atomic E-state index is 12.9. The number of hydrogen-bond acceptors (Lipinski definition) is 3. The van der Waals surface area contributed by atoms with Crippen molar-refractivity contribution in [2.24, 2.45) is 5.92 Å². The van der Waals surface area contributed by atoms with Gasteiger partial charge in [-0.05, 0) is 37.0 Å². The molecule has 1 fully saturated rings. The van der Waals surface area contributed by atoms with E-state index in [1.54, 1.807) is 6.07 Å². The van der Waals surface area contributed by atoms with Crippen LogP contribution in [0.25, 0.3) is 0 Å². The number of sulfone groups is 1. The van der Waals surface area contributed by atoms with Crippen LogP contribution in [0, 0.1) is 5.92 Å². The van der Waals surface area contributed by atoms with Crippen molar-refractivity contribution in [2.45, 2.75) is 49.2 Å². The lowest BCUT2D eigenvalue weighted by Crippen LogP contribution is -2.33. The van der Waals surface area contributed by atoms with Crippen LogP contribution in [0.4, 0.5) is 0 Å². The van der Waals surface area contributed by atoms with E-state index in [1.807, 2.05) is 6.92 Å². The summed E-state index contributed by atoms with van der Waals surface area (Å²) < 4.78 is 26.5. The number of rotatable bonds is 4. The summed E-state index contributed by atoms with van der Waals surface area (Å²) in [4.78, 5) is 11.3. The van der Waals surface area contributed by atoms with E-state index in [1.165, 1.54) is 12.1 Å². The van der Waals surface area contributed by atoms with Gasteiger partial charge < -0.3 is 5.11 Å². The number of benzene rings is 1. The molecule has 1 aliphatic rings. The first kappa shape index (κ1) is 16.5. The molecule has 0 heterocycles. The van der Waals surface area contributed by atoms with Gasteiger partial charge in [0.1, 0.15) is 0 Å². The molecule has 1 N–H and O–H groups in total. The van der Waals surface area contributed by atoms with Gasteiger partial charge in [-0.3, -0.25) is 0 Å². The second-order valence-corrected chi connectivity index (χ2v) is 8.53. The first-order valence-electron chi connectivity index (χ1n) is 7.14. The van der Waals surface area contributed by atoms with Crippen molar-refractivity contribution in [2.75, 3.05) is 0 Å². The predicted octanol–water partition coefficient (Wildman–Crippen LogP) is 3.89. The van der Waals surface area contributed by atoms with Gasteiger partial charge in [0.25, 0.3) is 0 Å². The summed E-state index contributed by atoms with van der Waals surface area (Å²) in [6.45, 7) is 2.00. The smallest absolute Gasteiger partial charge is 0.337 e. The number of halogens is 1. The van der Waals surface area contributed by atoms with Gasteiger partial charge in [-0.2, -0.15) is 0 Å². The minimum atomic E-state index is -3.63. The van der Waals surface area contributed by atoms with E-state index in [9.17, 15) is 18.3 Å². The Balaban J connectivity index is 2.53. The zero-order valence-electron chi connectivity index (χ0n) is 11.9. The van der Waals surface area contributed by atoms with E-state index >= 15 is 0 Å². The second kappa shape index (κ2) is 6.48. The van der Waals surface area contributed by atoms with Crippen LogP contribution < -0.4 is 0 Å². The maximum Gasteiger partial charge on any atom is 0.337 e. The molecular weight excluding hydrogens is 356 g/mol. The number of hydrogen-bond donors (Lipinski definition) is 1. The molecular formula is C15H19BrO4S. The average Bonchev–Trinajstić information content (AvgIpc) is 2.46. The lowest BCUT2D eigenvalue weighted by atomic mass is 9.87. The van der Waals surface area contributed by atoms with Crippen molar-refractivity contribution in [1.29, 1.82) is 0 Å².